The fourth-order valence-corrected chi connectivity index (χ4v) is 3.08. The van der Waals surface area contributed by atoms with Crippen molar-refractivity contribution in [1.82, 2.24) is 5.32 Å². The summed E-state index contributed by atoms with van der Waals surface area (Å²) in [5.74, 6) is 0.717. The molecule has 1 N–H and O–H groups in total. The van der Waals surface area contributed by atoms with Crippen LogP contribution < -0.4 is 10.1 Å². The molecule has 22 heavy (non-hydrogen) atoms. The van der Waals surface area contributed by atoms with Gasteiger partial charge in [-0.2, -0.15) is 0 Å². The zero-order valence-electron chi connectivity index (χ0n) is 13.3. The summed E-state index contributed by atoms with van der Waals surface area (Å²) >= 11 is 6.33. The number of hydrogen-bond acceptors (Lipinski definition) is 3. The van der Waals surface area contributed by atoms with E-state index in [9.17, 15) is 4.79 Å². The third kappa shape index (κ3) is 5.29. The Bertz CT molecular complexity index is 478. The maximum absolute atomic E-state index is 10.7. The number of hydrogen-bond donors (Lipinski definition) is 1. The predicted molar refractivity (Wildman–Crippen MR) is 90.8 cm³/mol. The molecule has 2 atom stereocenters. The number of carbonyl (C=O) groups excluding carboxylic acids is 1. The summed E-state index contributed by atoms with van der Waals surface area (Å²) in [6.45, 7) is 2.93. The number of aryl methyl sites for hydroxylation is 1. The van der Waals surface area contributed by atoms with Crippen molar-refractivity contribution < 1.29 is 9.53 Å². The second-order valence-corrected chi connectivity index (χ2v) is 6.46. The number of carbonyl (C=O) groups is 1. The van der Waals surface area contributed by atoms with Crippen molar-refractivity contribution in [3.63, 3.8) is 0 Å². The normalized spacial score (nSPS) is 21.0. The molecule has 3 nitrogen and oxygen atoms in total. The number of ether oxygens (including phenoxy) is 1. The molecule has 0 bridgehead atoms. The minimum atomic E-state index is -0.0915. The van der Waals surface area contributed by atoms with Crippen LogP contribution in [0.25, 0.3) is 0 Å². The van der Waals surface area contributed by atoms with E-state index < -0.39 is 0 Å². The molecule has 0 unspecified atom stereocenters. The second kappa shape index (κ2) is 9.16. The molecule has 2 rings (SSSR count). The zero-order valence-corrected chi connectivity index (χ0v) is 14.1. The van der Waals surface area contributed by atoms with Crippen LogP contribution in [0, 0.1) is 0 Å². The first kappa shape index (κ1) is 17.3. The van der Waals surface area contributed by atoms with Crippen LogP contribution in [0.15, 0.2) is 18.2 Å². The highest BCUT2D eigenvalue weighted by Gasteiger charge is 2.25. The highest BCUT2D eigenvalue weighted by Crippen LogP contribution is 2.28. The van der Waals surface area contributed by atoms with Crippen molar-refractivity contribution in [2.75, 3.05) is 6.54 Å². The van der Waals surface area contributed by atoms with E-state index in [2.05, 4.69) is 18.3 Å². The lowest BCUT2D eigenvalue weighted by Gasteiger charge is -2.14. The molecule has 1 saturated heterocycles. The average molecular weight is 324 g/mol. The van der Waals surface area contributed by atoms with Gasteiger partial charge in [0.15, 0.2) is 0 Å². The van der Waals surface area contributed by atoms with Crippen molar-refractivity contribution in [1.29, 1.82) is 0 Å². The lowest BCUT2D eigenvalue weighted by atomic mass is 10.1. The molecule has 1 aliphatic heterocycles. The van der Waals surface area contributed by atoms with Gasteiger partial charge in [0.05, 0.1) is 11.1 Å². The summed E-state index contributed by atoms with van der Waals surface area (Å²) in [5, 5.41) is 3.78. The maximum Gasteiger partial charge on any atom is 0.138 e. The van der Waals surface area contributed by atoms with Crippen LogP contribution in [0.1, 0.15) is 51.0 Å². The number of benzene rings is 1. The van der Waals surface area contributed by atoms with Crippen LogP contribution in [0.5, 0.6) is 5.75 Å². The smallest absolute Gasteiger partial charge is 0.138 e. The third-order valence-electron chi connectivity index (χ3n) is 4.15. The third-order valence-corrected chi connectivity index (χ3v) is 4.44. The van der Waals surface area contributed by atoms with Crippen LogP contribution in [-0.4, -0.2) is 25.0 Å². The van der Waals surface area contributed by atoms with E-state index in [4.69, 9.17) is 16.3 Å². The second-order valence-electron chi connectivity index (χ2n) is 6.06. The first-order valence-electron chi connectivity index (χ1n) is 8.36. The van der Waals surface area contributed by atoms with Gasteiger partial charge in [-0.3, -0.25) is 0 Å². The quantitative estimate of drug-likeness (QED) is 0.548. The van der Waals surface area contributed by atoms with Gasteiger partial charge in [0, 0.05) is 13.0 Å². The molecular weight excluding hydrogens is 298 g/mol. The van der Waals surface area contributed by atoms with E-state index >= 15 is 0 Å². The molecule has 122 valence electrons. The Labute approximate surface area is 138 Å². The Balaban J connectivity index is 1.80. The summed E-state index contributed by atoms with van der Waals surface area (Å²) in [7, 11) is 0. The summed E-state index contributed by atoms with van der Waals surface area (Å²) in [5.41, 5.74) is 1.27. The van der Waals surface area contributed by atoms with Gasteiger partial charge in [0.25, 0.3) is 0 Å². The molecule has 4 heteroatoms. The first-order valence-corrected chi connectivity index (χ1v) is 8.74. The van der Waals surface area contributed by atoms with Gasteiger partial charge < -0.3 is 14.8 Å². The van der Waals surface area contributed by atoms with Gasteiger partial charge in [0.2, 0.25) is 0 Å². The van der Waals surface area contributed by atoms with E-state index in [1.165, 1.54) is 37.7 Å². The molecule has 1 fully saturated rings. The van der Waals surface area contributed by atoms with E-state index in [1.807, 2.05) is 12.1 Å². The van der Waals surface area contributed by atoms with Gasteiger partial charge >= 0.3 is 0 Å². The van der Waals surface area contributed by atoms with Gasteiger partial charge in [-0.15, -0.1) is 0 Å². The number of halogens is 1. The highest BCUT2D eigenvalue weighted by molar-refractivity contribution is 6.32. The molecule has 1 aliphatic rings. The summed E-state index contributed by atoms with van der Waals surface area (Å²) < 4.78 is 5.90. The number of aldehydes is 1. The van der Waals surface area contributed by atoms with Gasteiger partial charge in [-0.1, -0.05) is 50.3 Å². The standard InChI is InChI=1S/C18H26ClNO2/c1-2-3-4-5-6-7-14-8-9-18(17(19)10-14)22-16-11-15(13-21)20-12-16/h8-10,13,15-16,20H,2-7,11-12H2,1H3/t15-,16-/m1/s1. The summed E-state index contributed by atoms with van der Waals surface area (Å²) in [6.07, 6.45) is 9.15. The van der Waals surface area contributed by atoms with Crippen LogP contribution in [0.4, 0.5) is 0 Å². The lowest BCUT2D eigenvalue weighted by molar-refractivity contribution is -0.109. The predicted octanol–water partition coefficient (Wildman–Crippen LogP) is 4.16. The van der Waals surface area contributed by atoms with Crippen LogP contribution >= 0.6 is 11.6 Å². The molecule has 0 spiro atoms. The lowest BCUT2D eigenvalue weighted by Crippen LogP contribution is -2.23. The number of rotatable bonds is 9. The molecule has 0 aromatic heterocycles. The van der Waals surface area contributed by atoms with Crippen LogP contribution in [0.3, 0.4) is 0 Å². The minimum Gasteiger partial charge on any atom is -0.487 e. The van der Waals surface area contributed by atoms with Crippen molar-refractivity contribution in [3.8, 4) is 5.75 Å². The maximum atomic E-state index is 10.7. The largest absolute Gasteiger partial charge is 0.487 e. The van der Waals surface area contributed by atoms with Gasteiger partial charge in [0.1, 0.15) is 18.1 Å². The van der Waals surface area contributed by atoms with Crippen molar-refractivity contribution in [2.24, 2.45) is 0 Å². The van der Waals surface area contributed by atoms with Crippen molar-refractivity contribution in [2.45, 2.75) is 64.0 Å². The van der Waals surface area contributed by atoms with Gasteiger partial charge in [-0.25, -0.2) is 0 Å². The molecular formula is C18H26ClNO2. The Morgan fingerprint density at radius 1 is 1.32 bits per heavy atom. The number of unbranched alkanes of at least 4 members (excludes halogenated alkanes) is 4. The van der Waals surface area contributed by atoms with Crippen LogP contribution in [0.2, 0.25) is 5.02 Å². The molecule has 1 aromatic carbocycles. The molecule has 1 aromatic rings. The monoisotopic (exact) mass is 323 g/mol. The zero-order chi connectivity index (χ0) is 15.8. The Morgan fingerprint density at radius 2 is 2.14 bits per heavy atom. The highest BCUT2D eigenvalue weighted by atomic mass is 35.5. The average Bonchev–Trinajstić information content (AvgIpc) is 2.97. The molecule has 1 heterocycles. The fraction of sp³-hybridized carbons (Fsp3) is 0.611. The van der Waals surface area contributed by atoms with E-state index in [0.29, 0.717) is 18.0 Å². The van der Waals surface area contributed by atoms with Crippen molar-refractivity contribution in [3.05, 3.63) is 28.8 Å². The van der Waals surface area contributed by atoms with Crippen LogP contribution in [-0.2, 0) is 11.2 Å². The summed E-state index contributed by atoms with van der Waals surface area (Å²) in [4.78, 5) is 10.7. The van der Waals surface area contributed by atoms with Crippen molar-refractivity contribution >= 4 is 17.9 Å². The molecule has 0 aliphatic carbocycles. The first-order chi connectivity index (χ1) is 10.7. The Hall–Kier alpha value is -1.06. The molecule has 0 radical (unpaired) electrons. The number of nitrogens with one attached hydrogen (secondary N) is 1. The minimum absolute atomic E-state index is 0.0209. The Morgan fingerprint density at radius 3 is 2.82 bits per heavy atom. The van der Waals surface area contributed by atoms with Gasteiger partial charge in [-0.05, 0) is 30.5 Å². The molecule has 0 saturated carbocycles. The summed E-state index contributed by atoms with van der Waals surface area (Å²) in [6, 6.07) is 5.97. The topological polar surface area (TPSA) is 38.3 Å². The fourth-order valence-electron chi connectivity index (χ4n) is 2.83. The Kier molecular flexibility index (Phi) is 7.20. The SMILES string of the molecule is CCCCCCCc1ccc(O[C@H]2CN[C@@H](C=O)C2)c(Cl)c1. The van der Waals surface area contributed by atoms with E-state index in [0.717, 1.165) is 18.5 Å². The van der Waals surface area contributed by atoms with E-state index in [1.54, 1.807) is 0 Å². The van der Waals surface area contributed by atoms with E-state index in [-0.39, 0.29) is 12.1 Å². The molecule has 0 amide bonds.